The molecule has 2 aromatic carbocycles. The van der Waals surface area contributed by atoms with E-state index in [9.17, 15) is 13.2 Å². The lowest BCUT2D eigenvalue weighted by atomic mass is 10.1. The molecule has 2 aromatic rings. The van der Waals surface area contributed by atoms with Gasteiger partial charge in [-0.25, -0.2) is 0 Å². The van der Waals surface area contributed by atoms with Gasteiger partial charge in [-0.15, -0.1) is 0 Å². The van der Waals surface area contributed by atoms with Gasteiger partial charge in [-0.2, -0.15) is 17.4 Å². The fourth-order valence-corrected chi connectivity index (χ4v) is 4.25. The summed E-state index contributed by atoms with van der Waals surface area (Å²) in [7, 11) is -2.00. The molecule has 1 N–H and O–H groups in total. The van der Waals surface area contributed by atoms with Crippen molar-refractivity contribution >= 4 is 21.8 Å². The third-order valence-electron chi connectivity index (χ3n) is 4.30. The number of hydrogen-bond acceptors (Lipinski definition) is 3. The van der Waals surface area contributed by atoms with Crippen LogP contribution in [0, 0.1) is 6.92 Å². The number of nitrogens with zero attached hydrogens (tertiary/aromatic N) is 2. The first-order valence-electron chi connectivity index (χ1n) is 8.03. The van der Waals surface area contributed by atoms with Crippen LogP contribution in [-0.4, -0.2) is 38.3 Å². The molecule has 3 rings (SSSR count). The number of anilines is 1. The van der Waals surface area contributed by atoms with Gasteiger partial charge in [0.05, 0.1) is 0 Å². The van der Waals surface area contributed by atoms with Gasteiger partial charge in [-0.05, 0) is 30.2 Å². The Morgan fingerprint density at radius 1 is 1.20 bits per heavy atom. The summed E-state index contributed by atoms with van der Waals surface area (Å²) in [5.74, 6) is -0.255. The monoisotopic (exact) mass is 359 g/mol. The van der Waals surface area contributed by atoms with Crippen LogP contribution in [0.3, 0.4) is 0 Å². The van der Waals surface area contributed by atoms with Crippen molar-refractivity contribution in [1.29, 1.82) is 0 Å². The summed E-state index contributed by atoms with van der Waals surface area (Å²) in [6.07, 6.45) is 0. The number of carbonyl (C=O) groups excluding carboxylic acids is 1. The highest BCUT2D eigenvalue weighted by Gasteiger charge is 2.42. The fourth-order valence-electron chi connectivity index (χ4n) is 2.89. The molecule has 0 aliphatic carbocycles. The molecule has 132 valence electrons. The molecular weight excluding hydrogens is 338 g/mol. The van der Waals surface area contributed by atoms with E-state index in [2.05, 4.69) is 4.72 Å². The highest BCUT2D eigenvalue weighted by Crippen LogP contribution is 2.22. The summed E-state index contributed by atoms with van der Waals surface area (Å²) < 4.78 is 28.4. The van der Waals surface area contributed by atoms with E-state index in [1.165, 1.54) is 9.21 Å². The summed E-state index contributed by atoms with van der Waals surface area (Å²) in [4.78, 5) is 14.4. The smallest absolute Gasteiger partial charge is 0.280 e. The third-order valence-corrected chi connectivity index (χ3v) is 5.83. The summed E-state index contributed by atoms with van der Waals surface area (Å²) in [6, 6.07) is 16.1. The Morgan fingerprint density at radius 2 is 1.92 bits per heavy atom. The first-order valence-corrected chi connectivity index (χ1v) is 9.47. The average molecular weight is 359 g/mol. The van der Waals surface area contributed by atoms with E-state index in [4.69, 9.17) is 0 Å². The predicted octanol–water partition coefficient (Wildman–Crippen LogP) is 1.68. The van der Waals surface area contributed by atoms with Gasteiger partial charge < -0.3 is 4.90 Å². The van der Waals surface area contributed by atoms with Crippen LogP contribution in [0.15, 0.2) is 54.6 Å². The SMILES string of the molecule is Cc1cccc(N(C)C(=O)[C@@H]2CNS(=O)(=O)N2Cc2ccccc2)c1. The number of nitrogens with one attached hydrogen (secondary N) is 1. The first-order chi connectivity index (χ1) is 11.9. The molecule has 1 amide bonds. The van der Waals surface area contributed by atoms with Crippen LogP contribution in [-0.2, 0) is 21.5 Å². The van der Waals surface area contributed by atoms with E-state index in [1.54, 1.807) is 7.05 Å². The van der Waals surface area contributed by atoms with E-state index < -0.39 is 16.3 Å². The summed E-state index contributed by atoms with van der Waals surface area (Å²) in [5, 5.41) is 0. The zero-order chi connectivity index (χ0) is 18.0. The molecule has 7 heteroatoms. The molecule has 6 nitrogen and oxygen atoms in total. The number of likely N-dealkylation sites (N-methyl/N-ethyl adjacent to an activating group) is 1. The molecule has 0 aromatic heterocycles. The molecule has 1 fully saturated rings. The van der Waals surface area contributed by atoms with Crippen LogP contribution in [0.25, 0.3) is 0 Å². The molecule has 1 saturated heterocycles. The van der Waals surface area contributed by atoms with E-state index in [0.29, 0.717) is 0 Å². The number of rotatable bonds is 4. The van der Waals surface area contributed by atoms with Gasteiger partial charge in [0.2, 0.25) is 5.91 Å². The number of aryl methyl sites for hydroxylation is 1. The lowest BCUT2D eigenvalue weighted by molar-refractivity contribution is -0.121. The highest BCUT2D eigenvalue weighted by atomic mass is 32.2. The fraction of sp³-hybridized carbons (Fsp3) is 0.278. The molecule has 0 bridgehead atoms. The van der Waals surface area contributed by atoms with Gasteiger partial charge in [-0.3, -0.25) is 4.79 Å². The molecule has 1 atom stereocenters. The summed E-state index contributed by atoms with van der Waals surface area (Å²) in [6.45, 7) is 2.18. The third kappa shape index (κ3) is 3.73. The van der Waals surface area contributed by atoms with Crippen LogP contribution < -0.4 is 9.62 Å². The lowest BCUT2D eigenvalue weighted by Gasteiger charge is -2.26. The van der Waals surface area contributed by atoms with Crippen LogP contribution in [0.1, 0.15) is 11.1 Å². The van der Waals surface area contributed by atoms with Gasteiger partial charge in [-0.1, -0.05) is 42.5 Å². The molecule has 1 aliphatic heterocycles. The Hall–Kier alpha value is -2.22. The lowest BCUT2D eigenvalue weighted by Crippen LogP contribution is -2.46. The van der Waals surface area contributed by atoms with Crippen molar-refractivity contribution < 1.29 is 13.2 Å². The topological polar surface area (TPSA) is 69.7 Å². The van der Waals surface area contributed by atoms with E-state index in [-0.39, 0.29) is 19.0 Å². The van der Waals surface area contributed by atoms with Crippen molar-refractivity contribution in [2.24, 2.45) is 0 Å². The van der Waals surface area contributed by atoms with Crippen LogP contribution in [0.4, 0.5) is 5.69 Å². The quantitative estimate of drug-likeness (QED) is 0.903. The maximum absolute atomic E-state index is 12.9. The Balaban J connectivity index is 1.85. The second kappa shape index (κ2) is 6.95. The minimum atomic E-state index is -3.67. The normalized spacial score (nSPS) is 19.7. The number of carbonyl (C=O) groups is 1. The maximum atomic E-state index is 12.9. The number of amides is 1. The van der Waals surface area contributed by atoms with Gasteiger partial charge in [0.25, 0.3) is 10.2 Å². The van der Waals surface area contributed by atoms with Crippen molar-refractivity contribution in [2.45, 2.75) is 19.5 Å². The van der Waals surface area contributed by atoms with E-state index in [0.717, 1.165) is 16.8 Å². The molecule has 1 aliphatic rings. The minimum absolute atomic E-state index is 0.0736. The van der Waals surface area contributed by atoms with Crippen molar-refractivity contribution in [2.75, 3.05) is 18.5 Å². The zero-order valence-electron chi connectivity index (χ0n) is 14.2. The second-order valence-corrected chi connectivity index (χ2v) is 7.84. The number of hydrogen-bond donors (Lipinski definition) is 1. The average Bonchev–Trinajstić information content (AvgIpc) is 2.89. The Labute approximate surface area is 148 Å². The maximum Gasteiger partial charge on any atom is 0.280 e. The van der Waals surface area contributed by atoms with E-state index in [1.807, 2.05) is 61.5 Å². The standard InChI is InChI=1S/C18H21N3O3S/c1-14-7-6-10-16(11-14)20(2)18(22)17-12-19-25(23,24)21(17)13-15-8-4-3-5-9-15/h3-11,17,19H,12-13H2,1-2H3/t17-/m0/s1. The van der Waals surface area contributed by atoms with Crippen LogP contribution >= 0.6 is 0 Å². The minimum Gasteiger partial charge on any atom is -0.314 e. The first kappa shape index (κ1) is 17.6. The summed E-state index contributed by atoms with van der Waals surface area (Å²) in [5.41, 5.74) is 2.62. The highest BCUT2D eigenvalue weighted by molar-refractivity contribution is 7.87. The molecule has 25 heavy (non-hydrogen) atoms. The Morgan fingerprint density at radius 3 is 2.60 bits per heavy atom. The molecule has 0 radical (unpaired) electrons. The molecule has 0 unspecified atom stereocenters. The summed E-state index contributed by atoms with van der Waals surface area (Å²) >= 11 is 0. The van der Waals surface area contributed by atoms with Crippen molar-refractivity contribution in [3.63, 3.8) is 0 Å². The van der Waals surface area contributed by atoms with Gasteiger partial charge >= 0.3 is 0 Å². The van der Waals surface area contributed by atoms with Gasteiger partial charge in [0.15, 0.2) is 0 Å². The Bertz CT molecular complexity index is 868. The predicted molar refractivity (Wildman–Crippen MR) is 97.3 cm³/mol. The molecular formula is C18H21N3O3S. The van der Waals surface area contributed by atoms with Crippen molar-refractivity contribution in [3.05, 3.63) is 65.7 Å². The van der Waals surface area contributed by atoms with Crippen LogP contribution in [0.2, 0.25) is 0 Å². The van der Waals surface area contributed by atoms with Crippen LogP contribution in [0.5, 0.6) is 0 Å². The molecule has 0 saturated carbocycles. The Kier molecular flexibility index (Phi) is 4.89. The van der Waals surface area contributed by atoms with E-state index >= 15 is 0 Å². The van der Waals surface area contributed by atoms with Gasteiger partial charge in [0.1, 0.15) is 6.04 Å². The van der Waals surface area contributed by atoms with Gasteiger partial charge in [0, 0.05) is 25.8 Å². The second-order valence-electron chi connectivity index (χ2n) is 6.14. The largest absolute Gasteiger partial charge is 0.314 e. The van der Waals surface area contributed by atoms with Crippen molar-refractivity contribution in [1.82, 2.24) is 9.03 Å². The zero-order valence-corrected chi connectivity index (χ0v) is 15.0. The van der Waals surface area contributed by atoms with Crippen molar-refractivity contribution in [3.8, 4) is 0 Å². The molecule has 1 heterocycles. The molecule has 0 spiro atoms. The number of benzene rings is 2.